The molecule has 0 saturated heterocycles. The maximum absolute atomic E-state index is 11.1. The molecule has 0 aliphatic heterocycles. The van der Waals surface area contributed by atoms with E-state index in [-0.39, 0.29) is 5.97 Å². The number of nitrogens with zero attached hydrogens (tertiary/aromatic N) is 3. The molecule has 6 nitrogen and oxygen atoms in total. The molecule has 1 aliphatic rings. The lowest BCUT2D eigenvalue weighted by Gasteiger charge is -2.32. The number of carbonyl (C=O) groups excluding carboxylic acids is 1. The molecular formula is C15H23BrN4O2. The average molecular weight is 371 g/mol. The Morgan fingerprint density at radius 1 is 1.36 bits per heavy atom. The quantitative estimate of drug-likeness (QED) is 0.610. The molecule has 122 valence electrons. The van der Waals surface area contributed by atoms with Gasteiger partial charge in [-0.1, -0.05) is 0 Å². The molecule has 0 amide bonds. The van der Waals surface area contributed by atoms with Crippen molar-refractivity contribution in [2.24, 2.45) is 5.92 Å². The van der Waals surface area contributed by atoms with E-state index in [1.807, 2.05) is 12.4 Å². The van der Waals surface area contributed by atoms with Crippen molar-refractivity contribution in [3.63, 3.8) is 0 Å². The van der Waals surface area contributed by atoms with Gasteiger partial charge in [-0.05, 0) is 47.5 Å². The summed E-state index contributed by atoms with van der Waals surface area (Å²) in [5.41, 5.74) is 1.04. The maximum atomic E-state index is 11.1. The van der Waals surface area contributed by atoms with Crippen molar-refractivity contribution in [1.29, 1.82) is 0 Å². The molecule has 1 heterocycles. The van der Waals surface area contributed by atoms with Gasteiger partial charge in [0.2, 0.25) is 0 Å². The van der Waals surface area contributed by atoms with Gasteiger partial charge in [0.1, 0.15) is 0 Å². The lowest BCUT2D eigenvalue weighted by molar-refractivity contribution is -0.139. The number of hydrogen-bond donors (Lipinski definition) is 1. The standard InChI is InChI=1S/C15H23BrN4O2/c1-20(13-7-18-15(16)19-8-13)10-11-3-5-12(6-4-11)17-9-14(21)22-2/h7-8,11-12,17H,3-6,9-10H2,1-2H3/t11-,12-. The van der Waals surface area contributed by atoms with Gasteiger partial charge in [-0.25, -0.2) is 9.97 Å². The fourth-order valence-corrected chi connectivity index (χ4v) is 3.05. The summed E-state index contributed by atoms with van der Waals surface area (Å²) >= 11 is 3.25. The number of nitrogens with one attached hydrogen (secondary N) is 1. The zero-order valence-electron chi connectivity index (χ0n) is 13.1. The van der Waals surface area contributed by atoms with Crippen LogP contribution in [-0.4, -0.2) is 49.2 Å². The van der Waals surface area contributed by atoms with Crippen LogP contribution in [0, 0.1) is 5.92 Å². The largest absolute Gasteiger partial charge is 0.468 e. The molecule has 1 fully saturated rings. The molecule has 1 saturated carbocycles. The van der Waals surface area contributed by atoms with Crippen LogP contribution in [0.3, 0.4) is 0 Å². The van der Waals surface area contributed by atoms with Crippen molar-refractivity contribution in [2.45, 2.75) is 31.7 Å². The van der Waals surface area contributed by atoms with Crippen LogP contribution in [0.25, 0.3) is 0 Å². The molecule has 0 atom stereocenters. The van der Waals surface area contributed by atoms with Gasteiger partial charge in [0, 0.05) is 19.6 Å². The van der Waals surface area contributed by atoms with Gasteiger partial charge < -0.3 is 15.0 Å². The third-order valence-electron chi connectivity index (χ3n) is 4.19. The van der Waals surface area contributed by atoms with Crippen LogP contribution in [0.15, 0.2) is 17.1 Å². The molecule has 0 spiro atoms. The lowest BCUT2D eigenvalue weighted by atomic mass is 9.85. The number of anilines is 1. The molecular weight excluding hydrogens is 348 g/mol. The third kappa shape index (κ3) is 5.21. The highest BCUT2D eigenvalue weighted by Crippen LogP contribution is 2.26. The predicted octanol–water partition coefficient (Wildman–Crippen LogP) is 2.00. The normalized spacial score (nSPS) is 21.4. The molecule has 0 unspecified atom stereocenters. The summed E-state index contributed by atoms with van der Waals surface area (Å²) in [7, 11) is 3.50. The Kier molecular flexibility index (Phi) is 6.57. The van der Waals surface area contributed by atoms with E-state index in [0.717, 1.165) is 25.1 Å². The van der Waals surface area contributed by atoms with Crippen molar-refractivity contribution in [3.8, 4) is 0 Å². The van der Waals surface area contributed by atoms with Crippen LogP contribution in [0.4, 0.5) is 5.69 Å². The van der Waals surface area contributed by atoms with Crippen LogP contribution < -0.4 is 10.2 Å². The second kappa shape index (κ2) is 8.43. The number of methoxy groups -OCH3 is 1. The fourth-order valence-electron chi connectivity index (χ4n) is 2.84. The smallest absolute Gasteiger partial charge is 0.319 e. The Hall–Kier alpha value is -1.21. The molecule has 0 bridgehead atoms. The van der Waals surface area contributed by atoms with Crippen LogP contribution >= 0.6 is 15.9 Å². The molecule has 22 heavy (non-hydrogen) atoms. The zero-order chi connectivity index (χ0) is 15.9. The topological polar surface area (TPSA) is 67.3 Å². The second-order valence-electron chi connectivity index (χ2n) is 5.77. The van der Waals surface area contributed by atoms with E-state index < -0.39 is 0 Å². The summed E-state index contributed by atoms with van der Waals surface area (Å²) in [6.45, 7) is 1.32. The Morgan fingerprint density at radius 2 is 2.00 bits per heavy atom. The van der Waals surface area contributed by atoms with Crippen molar-refractivity contribution >= 4 is 27.6 Å². The molecule has 1 N–H and O–H groups in total. The molecule has 1 aromatic heterocycles. The summed E-state index contributed by atoms with van der Waals surface area (Å²) in [5.74, 6) is 0.474. The highest BCUT2D eigenvalue weighted by molar-refractivity contribution is 9.10. The number of hydrogen-bond acceptors (Lipinski definition) is 6. The van der Waals surface area contributed by atoms with Crippen molar-refractivity contribution in [1.82, 2.24) is 15.3 Å². The van der Waals surface area contributed by atoms with Gasteiger partial charge in [-0.15, -0.1) is 0 Å². The minimum absolute atomic E-state index is 0.197. The fraction of sp³-hybridized carbons (Fsp3) is 0.667. The number of rotatable bonds is 6. The van der Waals surface area contributed by atoms with Crippen LogP contribution in [0.5, 0.6) is 0 Å². The average Bonchev–Trinajstić information content (AvgIpc) is 2.54. The maximum Gasteiger partial charge on any atom is 0.319 e. The van der Waals surface area contributed by atoms with Gasteiger partial charge in [0.05, 0.1) is 31.7 Å². The number of aromatic nitrogens is 2. The highest BCUT2D eigenvalue weighted by atomic mass is 79.9. The van der Waals surface area contributed by atoms with E-state index in [1.165, 1.54) is 20.0 Å². The van der Waals surface area contributed by atoms with Gasteiger partial charge in [-0.2, -0.15) is 0 Å². The first-order valence-corrected chi connectivity index (χ1v) is 8.36. The Balaban J connectivity index is 1.72. The van der Waals surface area contributed by atoms with Crippen LogP contribution in [0.2, 0.25) is 0 Å². The first kappa shape index (κ1) is 17.1. The Morgan fingerprint density at radius 3 is 2.59 bits per heavy atom. The van der Waals surface area contributed by atoms with E-state index in [2.05, 4.69) is 47.9 Å². The summed E-state index contributed by atoms with van der Waals surface area (Å²) in [5, 5.41) is 3.27. The van der Waals surface area contributed by atoms with Crippen LogP contribution in [-0.2, 0) is 9.53 Å². The number of carbonyl (C=O) groups is 1. The Bertz CT molecular complexity index is 475. The molecule has 7 heteroatoms. The highest BCUT2D eigenvalue weighted by Gasteiger charge is 2.22. The summed E-state index contributed by atoms with van der Waals surface area (Å²) < 4.78 is 5.26. The lowest BCUT2D eigenvalue weighted by Crippen LogP contribution is -2.38. The van der Waals surface area contributed by atoms with E-state index in [0.29, 0.717) is 23.2 Å². The van der Waals surface area contributed by atoms with E-state index in [9.17, 15) is 4.79 Å². The molecule has 1 aliphatic carbocycles. The molecule has 0 radical (unpaired) electrons. The SMILES string of the molecule is COC(=O)CN[C@H]1CC[C@H](CN(C)c2cnc(Br)nc2)CC1. The van der Waals surface area contributed by atoms with Crippen LogP contribution in [0.1, 0.15) is 25.7 Å². The van der Waals surface area contributed by atoms with Gasteiger partial charge in [-0.3, -0.25) is 4.79 Å². The number of esters is 1. The summed E-state index contributed by atoms with van der Waals surface area (Å²) in [6, 6.07) is 0.427. The minimum Gasteiger partial charge on any atom is -0.468 e. The second-order valence-corrected chi connectivity index (χ2v) is 6.47. The predicted molar refractivity (Wildman–Crippen MR) is 88.8 cm³/mol. The monoisotopic (exact) mass is 370 g/mol. The third-order valence-corrected chi connectivity index (χ3v) is 4.60. The first-order chi connectivity index (χ1) is 10.6. The van der Waals surface area contributed by atoms with E-state index in [4.69, 9.17) is 0 Å². The zero-order valence-corrected chi connectivity index (χ0v) is 14.7. The molecule has 2 rings (SSSR count). The summed E-state index contributed by atoms with van der Waals surface area (Å²) in [4.78, 5) is 21.7. The van der Waals surface area contributed by atoms with Crippen molar-refractivity contribution < 1.29 is 9.53 Å². The molecule has 1 aromatic rings. The molecule has 0 aromatic carbocycles. The number of halogens is 1. The van der Waals surface area contributed by atoms with Crippen molar-refractivity contribution in [2.75, 3.05) is 32.1 Å². The first-order valence-electron chi connectivity index (χ1n) is 7.57. The van der Waals surface area contributed by atoms with E-state index in [1.54, 1.807) is 0 Å². The van der Waals surface area contributed by atoms with E-state index >= 15 is 0 Å². The van der Waals surface area contributed by atoms with Crippen molar-refractivity contribution in [3.05, 3.63) is 17.1 Å². The minimum atomic E-state index is -0.197. The summed E-state index contributed by atoms with van der Waals surface area (Å²) in [6.07, 6.45) is 8.21. The van der Waals surface area contributed by atoms with Gasteiger partial charge >= 0.3 is 5.97 Å². The number of ether oxygens (including phenoxy) is 1. The van der Waals surface area contributed by atoms with Gasteiger partial charge in [0.25, 0.3) is 0 Å². The Labute approximate surface area is 139 Å². The van der Waals surface area contributed by atoms with Gasteiger partial charge in [0.15, 0.2) is 4.73 Å².